The van der Waals surface area contributed by atoms with Crippen molar-refractivity contribution < 1.29 is 9.59 Å². The third kappa shape index (κ3) is 1.64. The first kappa shape index (κ1) is 13.4. The first-order valence-corrected chi connectivity index (χ1v) is 7.93. The Balaban J connectivity index is 1.68. The summed E-state index contributed by atoms with van der Waals surface area (Å²) in [6.07, 6.45) is 0. The molecule has 116 valence electrons. The quantitative estimate of drug-likeness (QED) is 0.760. The van der Waals surface area contributed by atoms with E-state index in [2.05, 4.69) is 9.98 Å². The van der Waals surface area contributed by atoms with Crippen LogP contribution < -0.4 is 0 Å². The molecule has 0 spiro atoms. The summed E-state index contributed by atoms with van der Waals surface area (Å²) in [4.78, 5) is 36.8. The monoisotopic (exact) mass is 315 g/mol. The minimum absolute atomic E-state index is 0.167. The Labute approximate surface area is 138 Å². The highest BCUT2D eigenvalue weighted by Gasteiger charge is 2.46. The van der Waals surface area contributed by atoms with Crippen LogP contribution in [0.3, 0.4) is 0 Å². The van der Waals surface area contributed by atoms with Gasteiger partial charge in [0.2, 0.25) is 0 Å². The predicted octanol–water partition coefficient (Wildman–Crippen LogP) is 2.49. The SMILES string of the molecule is O=C1c2ccccc2C(=O)C1C1=Nc2ccccc2C2=NCCN21. The topological polar surface area (TPSA) is 62.1 Å². The van der Waals surface area contributed by atoms with Crippen LogP contribution in [0.5, 0.6) is 0 Å². The summed E-state index contributed by atoms with van der Waals surface area (Å²) >= 11 is 0. The molecule has 5 heteroatoms. The molecule has 5 nitrogen and oxygen atoms in total. The Bertz CT molecular complexity index is 939. The van der Waals surface area contributed by atoms with Crippen molar-refractivity contribution in [3.05, 3.63) is 65.2 Å². The van der Waals surface area contributed by atoms with Crippen molar-refractivity contribution in [1.82, 2.24) is 4.90 Å². The fourth-order valence-corrected chi connectivity index (χ4v) is 3.64. The van der Waals surface area contributed by atoms with Gasteiger partial charge in [-0.3, -0.25) is 14.6 Å². The molecule has 2 heterocycles. The van der Waals surface area contributed by atoms with Crippen LogP contribution in [0.4, 0.5) is 5.69 Å². The zero-order chi connectivity index (χ0) is 16.3. The highest BCUT2D eigenvalue weighted by Crippen LogP contribution is 2.35. The van der Waals surface area contributed by atoms with Gasteiger partial charge in [-0.2, -0.15) is 0 Å². The number of aliphatic imine (C=N–C) groups is 2. The van der Waals surface area contributed by atoms with E-state index < -0.39 is 5.92 Å². The van der Waals surface area contributed by atoms with Crippen LogP contribution in [0.1, 0.15) is 26.3 Å². The number of para-hydroxylation sites is 1. The van der Waals surface area contributed by atoms with Crippen LogP contribution in [-0.4, -0.2) is 41.2 Å². The molecule has 0 radical (unpaired) electrons. The fourth-order valence-electron chi connectivity index (χ4n) is 3.64. The van der Waals surface area contributed by atoms with Crippen molar-refractivity contribution >= 4 is 28.9 Å². The number of carbonyl (C=O) groups is 2. The predicted molar refractivity (Wildman–Crippen MR) is 90.2 cm³/mol. The summed E-state index contributed by atoms with van der Waals surface area (Å²) in [5.41, 5.74) is 2.70. The van der Waals surface area contributed by atoms with Crippen molar-refractivity contribution in [2.75, 3.05) is 13.1 Å². The molecule has 2 aliphatic heterocycles. The maximum absolute atomic E-state index is 12.8. The maximum Gasteiger partial charge on any atom is 0.182 e. The molecular weight excluding hydrogens is 302 g/mol. The first-order chi connectivity index (χ1) is 11.8. The molecule has 2 aromatic carbocycles. The highest BCUT2D eigenvalue weighted by atomic mass is 16.2. The molecule has 0 fully saturated rings. The first-order valence-electron chi connectivity index (χ1n) is 7.93. The number of amidine groups is 2. The Morgan fingerprint density at radius 3 is 2.21 bits per heavy atom. The molecule has 5 rings (SSSR count). The number of hydrogen-bond acceptors (Lipinski definition) is 5. The van der Waals surface area contributed by atoms with Gasteiger partial charge in [-0.15, -0.1) is 0 Å². The number of fused-ring (bicyclic) bond motifs is 4. The number of nitrogens with zero attached hydrogens (tertiary/aromatic N) is 3. The average Bonchev–Trinajstić information content (AvgIpc) is 3.20. The van der Waals surface area contributed by atoms with E-state index in [4.69, 9.17) is 0 Å². The van der Waals surface area contributed by atoms with Gasteiger partial charge in [-0.25, -0.2) is 4.99 Å². The van der Waals surface area contributed by atoms with E-state index in [1.165, 1.54) is 0 Å². The van der Waals surface area contributed by atoms with Gasteiger partial charge in [-0.1, -0.05) is 36.4 Å². The maximum atomic E-state index is 12.8. The Kier molecular flexibility index (Phi) is 2.62. The summed E-state index contributed by atoms with van der Waals surface area (Å²) in [7, 11) is 0. The molecule has 0 atom stereocenters. The van der Waals surface area contributed by atoms with E-state index in [9.17, 15) is 9.59 Å². The Morgan fingerprint density at radius 2 is 1.50 bits per heavy atom. The zero-order valence-electron chi connectivity index (χ0n) is 12.8. The van der Waals surface area contributed by atoms with E-state index in [0.717, 1.165) is 17.1 Å². The smallest absolute Gasteiger partial charge is 0.182 e. The lowest BCUT2D eigenvalue weighted by molar-refractivity contribution is 0.0878. The van der Waals surface area contributed by atoms with Crippen LogP contribution in [0.15, 0.2) is 58.5 Å². The average molecular weight is 315 g/mol. The third-order valence-corrected chi connectivity index (χ3v) is 4.74. The van der Waals surface area contributed by atoms with Gasteiger partial charge in [-0.05, 0) is 12.1 Å². The Morgan fingerprint density at radius 1 is 0.875 bits per heavy atom. The largest absolute Gasteiger partial charge is 0.311 e. The molecule has 0 amide bonds. The minimum atomic E-state index is -0.862. The second kappa shape index (κ2) is 4.71. The van der Waals surface area contributed by atoms with Crippen LogP contribution in [0, 0.1) is 5.92 Å². The van der Waals surface area contributed by atoms with Gasteiger partial charge in [0.05, 0.1) is 12.2 Å². The molecular formula is C19H13N3O2. The molecule has 0 bridgehead atoms. The van der Waals surface area contributed by atoms with E-state index in [-0.39, 0.29) is 11.6 Å². The van der Waals surface area contributed by atoms with Gasteiger partial charge in [0, 0.05) is 23.2 Å². The van der Waals surface area contributed by atoms with Crippen molar-refractivity contribution in [2.24, 2.45) is 15.9 Å². The van der Waals surface area contributed by atoms with Crippen LogP contribution in [-0.2, 0) is 0 Å². The second-order valence-electron chi connectivity index (χ2n) is 6.05. The molecule has 2 aromatic rings. The van der Waals surface area contributed by atoms with Crippen LogP contribution in [0.2, 0.25) is 0 Å². The van der Waals surface area contributed by atoms with Crippen molar-refractivity contribution in [2.45, 2.75) is 0 Å². The number of carbonyl (C=O) groups excluding carboxylic acids is 2. The lowest BCUT2D eigenvalue weighted by Gasteiger charge is -2.29. The molecule has 24 heavy (non-hydrogen) atoms. The summed E-state index contributed by atoms with van der Waals surface area (Å²) in [5.74, 6) is 0.127. The fraction of sp³-hybridized carbons (Fsp3) is 0.158. The van der Waals surface area contributed by atoms with Crippen LogP contribution >= 0.6 is 0 Å². The van der Waals surface area contributed by atoms with Crippen molar-refractivity contribution in [3.63, 3.8) is 0 Å². The van der Waals surface area contributed by atoms with E-state index in [1.54, 1.807) is 24.3 Å². The molecule has 0 saturated heterocycles. The summed E-state index contributed by atoms with van der Waals surface area (Å²) in [6.45, 7) is 1.29. The lowest BCUT2D eigenvalue weighted by Crippen LogP contribution is -2.44. The van der Waals surface area contributed by atoms with Gasteiger partial charge in [0.1, 0.15) is 17.6 Å². The summed E-state index contributed by atoms with van der Waals surface area (Å²) in [6, 6.07) is 14.7. The minimum Gasteiger partial charge on any atom is -0.311 e. The van der Waals surface area contributed by atoms with Gasteiger partial charge >= 0.3 is 0 Å². The standard InChI is InChI=1S/C19H13N3O2/c23-16-11-5-1-2-6-12(11)17(24)15(16)19-21-14-8-4-3-7-13(14)18-20-9-10-22(18)19/h1-8,15H,9-10H2. The highest BCUT2D eigenvalue weighted by molar-refractivity contribution is 6.38. The van der Waals surface area contributed by atoms with E-state index >= 15 is 0 Å². The normalized spacial score (nSPS) is 18.9. The van der Waals surface area contributed by atoms with Gasteiger partial charge < -0.3 is 4.90 Å². The lowest BCUT2D eigenvalue weighted by atomic mass is 9.98. The number of ketones is 2. The summed E-state index contributed by atoms with van der Waals surface area (Å²) < 4.78 is 0. The number of rotatable bonds is 1. The summed E-state index contributed by atoms with van der Waals surface area (Å²) in [5, 5.41) is 0. The number of hydrogen-bond donors (Lipinski definition) is 0. The number of benzene rings is 2. The third-order valence-electron chi connectivity index (χ3n) is 4.74. The zero-order valence-corrected chi connectivity index (χ0v) is 12.8. The molecule has 1 aliphatic carbocycles. The van der Waals surface area contributed by atoms with Crippen molar-refractivity contribution in [1.29, 1.82) is 0 Å². The van der Waals surface area contributed by atoms with Gasteiger partial charge in [0.25, 0.3) is 0 Å². The van der Waals surface area contributed by atoms with Crippen LogP contribution in [0.25, 0.3) is 0 Å². The Hall–Kier alpha value is -3.08. The number of Topliss-reactive ketones (excluding diaryl/α,β-unsaturated/α-hetero) is 2. The van der Waals surface area contributed by atoms with Gasteiger partial charge in [0.15, 0.2) is 11.6 Å². The molecule has 3 aliphatic rings. The molecule has 0 aromatic heterocycles. The van der Waals surface area contributed by atoms with E-state index in [1.807, 2.05) is 29.2 Å². The molecule has 0 unspecified atom stereocenters. The van der Waals surface area contributed by atoms with Crippen molar-refractivity contribution in [3.8, 4) is 0 Å². The van der Waals surface area contributed by atoms with E-state index in [0.29, 0.717) is 30.1 Å². The second-order valence-corrected chi connectivity index (χ2v) is 6.05. The molecule has 0 N–H and O–H groups in total. The molecule has 0 saturated carbocycles.